The molecule has 0 spiro atoms. The van der Waals surface area contributed by atoms with Crippen LogP contribution in [-0.4, -0.2) is 18.0 Å². The van der Waals surface area contributed by atoms with Gasteiger partial charge in [-0.1, -0.05) is 13.3 Å². The molecule has 1 saturated carbocycles. The minimum absolute atomic E-state index is 0.131. The molecule has 1 aromatic carbocycles. The Kier molecular flexibility index (Phi) is 4.47. The van der Waals surface area contributed by atoms with Crippen LogP contribution in [-0.2, 0) is 0 Å². The third kappa shape index (κ3) is 3.62. The summed E-state index contributed by atoms with van der Waals surface area (Å²) >= 11 is 0. The monoisotopic (exact) mass is 277 g/mol. The van der Waals surface area contributed by atoms with E-state index in [1.807, 2.05) is 13.0 Å². The van der Waals surface area contributed by atoms with Crippen LogP contribution in [0.2, 0.25) is 0 Å². The zero-order chi connectivity index (χ0) is 14.6. The molecule has 0 bridgehead atoms. The van der Waals surface area contributed by atoms with E-state index in [1.165, 1.54) is 25.7 Å². The van der Waals surface area contributed by atoms with E-state index >= 15 is 0 Å². The summed E-state index contributed by atoms with van der Waals surface area (Å²) in [4.78, 5) is 10.6. The van der Waals surface area contributed by atoms with Gasteiger partial charge in [-0.05, 0) is 37.7 Å². The van der Waals surface area contributed by atoms with Crippen molar-refractivity contribution >= 4 is 17.1 Å². The lowest BCUT2D eigenvalue weighted by Gasteiger charge is -2.16. The number of rotatable bonds is 8. The van der Waals surface area contributed by atoms with E-state index in [4.69, 9.17) is 0 Å². The molecule has 0 atom stereocenters. The Bertz CT molecular complexity index is 484. The first-order chi connectivity index (χ1) is 9.58. The maximum atomic E-state index is 11.0. The first-order valence-corrected chi connectivity index (χ1v) is 7.36. The van der Waals surface area contributed by atoms with Gasteiger partial charge in [0.05, 0.1) is 4.92 Å². The number of nitrogens with zero attached hydrogens (tertiary/aromatic N) is 1. The van der Waals surface area contributed by atoms with Crippen LogP contribution in [0.15, 0.2) is 18.2 Å². The Morgan fingerprint density at radius 2 is 1.85 bits per heavy atom. The lowest BCUT2D eigenvalue weighted by atomic mass is 10.0. The van der Waals surface area contributed by atoms with E-state index in [9.17, 15) is 10.1 Å². The second-order valence-corrected chi connectivity index (χ2v) is 5.66. The van der Waals surface area contributed by atoms with Gasteiger partial charge in [0.2, 0.25) is 0 Å². The summed E-state index contributed by atoms with van der Waals surface area (Å²) in [7, 11) is 0. The highest BCUT2D eigenvalue weighted by Gasteiger charge is 2.41. The maximum absolute atomic E-state index is 11.0. The molecule has 1 aliphatic rings. The minimum atomic E-state index is -0.342. The van der Waals surface area contributed by atoms with Gasteiger partial charge in [0.1, 0.15) is 0 Å². The second-order valence-electron chi connectivity index (χ2n) is 5.66. The Hall–Kier alpha value is -1.78. The van der Waals surface area contributed by atoms with Gasteiger partial charge in [-0.3, -0.25) is 10.1 Å². The summed E-state index contributed by atoms with van der Waals surface area (Å²) in [6.07, 6.45) is 4.96. The summed E-state index contributed by atoms with van der Waals surface area (Å²) in [5.41, 5.74) is 2.19. The van der Waals surface area contributed by atoms with Crippen LogP contribution in [0, 0.1) is 15.5 Å². The number of nitro benzene ring substituents is 1. The fourth-order valence-corrected chi connectivity index (χ4v) is 2.64. The largest absolute Gasteiger partial charge is 0.385 e. The first-order valence-electron chi connectivity index (χ1n) is 7.36. The van der Waals surface area contributed by atoms with Crippen molar-refractivity contribution in [1.29, 1.82) is 0 Å². The Labute approximate surface area is 119 Å². The molecule has 110 valence electrons. The third-order valence-electron chi connectivity index (χ3n) is 3.91. The summed E-state index contributed by atoms with van der Waals surface area (Å²) in [6.45, 7) is 5.84. The van der Waals surface area contributed by atoms with Crippen molar-refractivity contribution in [2.24, 2.45) is 5.41 Å². The quantitative estimate of drug-likeness (QED) is 0.556. The number of anilines is 2. The lowest BCUT2D eigenvalue weighted by molar-refractivity contribution is -0.384. The van der Waals surface area contributed by atoms with E-state index in [1.54, 1.807) is 12.1 Å². The minimum Gasteiger partial charge on any atom is -0.385 e. The molecule has 5 nitrogen and oxygen atoms in total. The predicted octanol–water partition coefficient (Wildman–Crippen LogP) is 4.02. The molecule has 20 heavy (non-hydrogen) atoms. The second kappa shape index (κ2) is 6.11. The topological polar surface area (TPSA) is 67.2 Å². The summed E-state index contributed by atoms with van der Waals surface area (Å²) in [6, 6.07) is 5.13. The highest BCUT2D eigenvalue weighted by molar-refractivity contribution is 5.63. The van der Waals surface area contributed by atoms with Crippen molar-refractivity contribution in [2.45, 2.75) is 39.5 Å². The molecular formula is C15H23N3O2. The van der Waals surface area contributed by atoms with Gasteiger partial charge in [0.25, 0.3) is 5.69 Å². The SMILES string of the molecule is CCCC1(CNc2cc(NCC)cc([N+](=O)[O-])c2)CC1. The zero-order valence-corrected chi connectivity index (χ0v) is 12.2. The molecule has 2 N–H and O–H groups in total. The molecule has 1 aliphatic carbocycles. The molecule has 0 saturated heterocycles. The number of nitro groups is 1. The normalized spacial score (nSPS) is 15.7. The van der Waals surface area contributed by atoms with Crippen molar-refractivity contribution in [3.63, 3.8) is 0 Å². The van der Waals surface area contributed by atoms with Gasteiger partial charge in [-0.2, -0.15) is 0 Å². The van der Waals surface area contributed by atoms with Crippen molar-refractivity contribution in [3.8, 4) is 0 Å². The molecule has 1 aromatic rings. The number of non-ortho nitro benzene ring substituents is 1. The van der Waals surface area contributed by atoms with Gasteiger partial charge in [-0.25, -0.2) is 0 Å². The molecule has 0 amide bonds. The van der Waals surface area contributed by atoms with Crippen molar-refractivity contribution in [1.82, 2.24) is 0 Å². The molecule has 2 rings (SSSR count). The predicted molar refractivity (Wildman–Crippen MR) is 82.3 cm³/mol. The van der Waals surface area contributed by atoms with Gasteiger partial charge in [0, 0.05) is 36.6 Å². The van der Waals surface area contributed by atoms with Crippen LogP contribution in [0.3, 0.4) is 0 Å². The van der Waals surface area contributed by atoms with Crippen LogP contribution in [0.25, 0.3) is 0 Å². The van der Waals surface area contributed by atoms with E-state index in [-0.39, 0.29) is 10.6 Å². The van der Waals surface area contributed by atoms with E-state index in [2.05, 4.69) is 17.6 Å². The molecule has 0 radical (unpaired) electrons. The average molecular weight is 277 g/mol. The summed E-state index contributed by atoms with van der Waals surface area (Å²) in [5.74, 6) is 0. The van der Waals surface area contributed by atoms with Gasteiger partial charge in [0.15, 0.2) is 0 Å². The van der Waals surface area contributed by atoms with Crippen LogP contribution < -0.4 is 10.6 Å². The molecular weight excluding hydrogens is 254 g/mol. The van der Waals surface area contributed by atoms with Gasteiger partial charge < -0.3 is 10.6 Å². The van der Waals surface area contributed by atoms with Crippen LogP contribution >= 0.6 is 0 Å². The highest BCUT2D eigenvalue weighted by atomic mass is 16.6. The van der Waals surface area contributed by atoms with Crippen molar-refractivity contribution in [3.05, 3.63) is 28.3 Å². The van der Waals surface area contributed by atoms with Gasteiger partial charge in [-0.15, -0.1) is 0 Å². The van der Waals surface area contributed by atoms with E-state index in [0.29, 0.717) is 5.41 Å². The third-order valence-corrected chi connectivity index (χ3v) is 3.91. The lowest BCUT2D eigenvalue weighted by Crippen LogP contribution is -2.15. The smallest absolute Gasteiger partial charge is 0.273 e. The van der Waals surface area contributed by atoms with Crippen LogP contribution in [0.5, 0.6) is 0 Å². The maximum Gasteiger partial charge on any atom is 0.273 e. The van der Waals surface area contributed by atoms with Crippen molar-refractivity contribution < 1.29 is 4.92 Å². The molecule has 5 heteroatoms. The van der Waals surface area contributed by atoms with E-state index in [0.717, 1.165) is 24.5 Å². The molecule has 0 aromatic heterocycles. The zero-order valence-electron chi connectivity index (χ0n) is 12.2. The fraction of sp³-hybridized carbons (Fsp3) is 0.600. The molecule has 0 unspecified atom stereocenters. The average Bonchev–Trinajstić information content (AvgIpc) is 3.17. The number of hydrogen-bond donors (Lipinski definition) is 2. The first kappa shape index (κ1) is 14.6. The highest BCUT2D eigenvalue weighted by Crippen LogP contribution is 2.49. The Morgan fingerprint density at radius 1 is 1.20 bits per heavy atom. The number of benzene rings is 1. The summed E-state index contributed by atoms with van der Waals surface area (Å²) < 4.78 is 0. The van der Waals surface area contributed by atoms with Crippen LogP contribution in [0.4, 0.5) is 17.1 Å². The Balaban J connectivity index is 2.08. The van der Waals surface area contributed by atoms with E-state index < -0.39 is 0 Å². The van der Waals surface area contributed by atoms with Gasteiger partial charge >= 0.3 is 0 Å². The Morgan fingerprint density at radius 3 is 2.35 bits per heavy atom. The number of nitrogens with one attached hydrogen (secondary N) is 2. The molecule has 0 heterocycles. The van der Waals surface area contributed by atoms with Crippen LogP contribution in [0.1, 0.15) is 39.5 Å². The van der Waals surface area contributed by atoms with Crippen molar-refractivity contribution in [2.75, 3.05) is 23.7 Å². The fourth-order valence-electron chi connectivity index (χ4n) is 2.64. The summed E-state index contributed by atoms with van der Waals surface area (Å²) in [5, 5.41) is 17.5. The molecule has 1 fully saturated rings. The number of hydrogen-bond acceptors (Lipinski definition) is 4. The molecule has 0 aliphatic heterocycles. The standard InChI is InChI=1S/C15H23N3O2/c1-3-5-15(6-7-15)11-17-13-8-12(16-4-2)9-14(10-13)18(19)20/h8-10,16-17H,3-7,11H2,1-2H3.